The second-order valence-corrected chi connectivity index (χ2v) is 3.98. The first-order valence-corrected chi connectivity index (χ1v) is 5.26. The summed E-state index contributed by atoms with van der Waals surface area (Å²) in [7, 11) is 1.43. The number of ether oxygens (including phenoxy) is 2. The van der Waals surface area contributed by atoms with E-state index in [1.54, 1.807) is 0 Å². The van der Waals surface area contributed by atoms with Crippen LogP contribution in [0.2, 0.25) is 0 Å². The molecule has 4 nitrogen and oxygen atoms in total. The van der Waals surface area contributed by atoms with Gasteiger partial charge in [0.15, 0.2) is 0 Å². The van der Waals surface area contributed by atoms with Crippen LogP contribution >= 0.6 is 12.4 Å². The molecule has 1 N–H and O–H groups in total. The summed E-state index contributed by atoms with van der Waals surface area (Å²) < 4.78 is 10.3. The summed E-state index contributed by atoms with van der Waals surface area (Å²) in [6.45, 7) is 0.867. The molecule has 5 heteroatoms. The largest absolute Gasteiger partial charge is 0.468 e. The van der Waals surface area contributed by atoms with Crippen molar-refractivity contribution in [1.82, 2.24) is 5.32 Å². The molecule has 0 aliphatic carbocycles. The summed E-state index contributed by atoms with van der Waals surface area (Å²) in [6.07, 6.45) is 4.46. The molecule has 1 unspecified atom stereocenters. The lowest BCUT2D eigenvalue weighted by molar-refractivity contribution is -0.142. The smallest absolute Gasteiger partial charge is 0.322 e. The van der Waals surface area contributed by atoms with E-state index in [2.05, 4.69) is 5.32 Å². The first-order chi connectivity index (χ1) is 6.81. The normalized spacial score (nSPS) is 34.9. The molecule has 0 spiro atoms. The number of methoxy groups -OCH3 is 1. The van der Waals surface area contributed by atoms with Gasteiger partial charge in [-0.25, -0.2) is 0 Å². The maximum atomic E-state index is 11.2. The topological polar surface area (TPSA) is 47.6 Å². The van der Waals surface area contributed by atoms with Gasteiger partial charge in [-0.1, -0.05) is 0 Å². The number of hydrogen-bond donors (Lipinski definition) is 1. The van der Waals surface area contributed by atoms with E-state index in [0.717, 1.165) is 32.3 Å². The first kappa shape index (κ1) is 12.7. The molecular weight excluding hydrogens is 218 g/mol. The molecule has 2 rings (SSSR count). The van der Waals surface area contributed by atoms with Gasteiger partial charge in [0.05, 0.1) is 13.2 Å². The predicted molar refractivity (Wildman–Crippen MR) is 58.2 cm³/mol. The Labute approximate surface area is 96.1 Å². The van der Waals surface area contributed by atoms with Gasteiger partial charge < -0.3 is 9.47 Å². The zero-order valence-electron chi connectivity index (χ0n) is 8.90. The molecular formula is C10H18ClNO3. The molecule has 15 heavy (non-hydrogen) atoms. The van der Waals surface area contributed by atoms with Crippen LogP contribution < -0.4 is 5.32 Å². The van der Waals surface area contributed by atoms with Crippen molar-refractivity contribution in [2.24, 2.45) is 0 Å². The Bertz CT molecular complexity index is 219. The molecule has 88 valence electrons. The van der Waals surface area contributed by atoms with E-state index in [0.29, 0.717) is 12.1 Å². The number of carbonyl (C=O) groups excluding carboxylic acids is 1. The van der Waals surface area contributed by atoms with Crippen molar-refractivity contribution in [2.75, 3.05) is 13.7 Å². The standard InChI is InChI=1S/C10H17NO3.ClH/c1-13-10(12)8-5-4-7(11-8)9-3-2-6-14-9;/h7-9,11H,2-6H2,1H3;1H/t7-,8+,9?;/m0./s1. The van der Waals surface area contributed by atoms with Crippen LogP contribution in [-0.2, 0) is 14.3 Å². The van der Waals surface area contributed by atoms with Gasteiger partial charge in [0.2, 0.25) is 0 Å². The molecule has 2 fully saturated rings. The number of rotatable bonds is 2. The fourth-order valence-electron chi connectivity index (χ4n) is 2.31. The van der Waals surface area contributed by atoms with Crippen LogP contribution in [0.1, 0.15) is 25.7 Å². The molecule has 0 aromatic heterocycles. The van der Waals surface area contributed by atoms with Gasteiger partial charge in [0, 0.05) is 12.6 Å². The second kappa shape index (κ2) is 5.68. The van der Waals surface area contributed by atoms with Gasteiger partial charge in [0.25, 0.3) is 0 Å². The Balaban J connectivity index is 0.00000112. The maximum absolute atomic E-state index is 11.2. The SMILES string of the molecule is COC(=O)[C@H]1CC[C@@H](C2CCCO2)N1.Cl. The number of nitrogens with one attached hydrogen (secondary N) is 1. The van der Waals surface area contributed by atoms with E-state index in [4.69, 9.17) is 9.47 Å². The Morgan fingerprint density at radius 3 is 2.80 bits per heavy atom. The van der Waals surface area contributed by atoms with E-state index in [-0.39, 0.29) is 24.4 Å². The highest BCUT2D eigenvalue weighted by Crippen LogP contribution is 2.24. The van der Waals surface area contributed by atoms with Gasteiger partial charge >= 0.3 is 5.97 Å². The van der Waals surface area contributed by atoms with Gasteiger partial charge in [-0.3, -0.25) is 10.1 Å². The highest BCUT2D eigenvalue weighted by molar-refractivity contribution is 5.85. The van der Waals surface area contributed by atoms with Crippen molar-refractivity contribution >= 4 is 18.4 Å². The monoisotopic (exact) mass is 235 g/mol. The quantitative estimate of drug-likeness (QED) is 0.722. The van der Waals surface area contributed by atoms with Crippen LogP contribution in [-0.4, -0.2) is 37.9 Å². The summed E-state index contributed by atoms with van der Waals surface area (Å²) in [5.74, 6) is -0.148. The number of esters is 1. The van der Waals surface area contributed by atoms with Gasteiger partial charge in [-0.15, -0.1) is 12.4 Å². The van der Waals surface area contributed by atoms with Crippen LogP contribution in [0.4, 0.5) is 0 Å². The minimum atomic E-state index is -0.148. The molecule has 2 heterocycles. The Hall–Kier alpha value is -0.320. The number of carbonyl (C=O) groups is 1. The van der Waals surface area contributed by atoms with Gasteiger partial charge in [-0.2, -0.15) is 0 Å². The Kier molecular flexibility index (Phi) is 4.83. The lowest BCUT2D eigenvalue weighted by Crippen LogP contribution is -2.41. The van der Waals surface area contributed by atoms with Crippen LogP contribution in [0.5, 0.6) is 0 Å². The fraction of sp³-hybridized carbons (Fsp3) is 0.900. The number of halogens is 1. The third-order valence-corrected chi connectivity index (χ3v) is 3.08. The zero-order valence-corrected chi connectivity index (χ0v) is 9.72. The van der Waals surface area contributed by atoms with E-state index in [1.807, 2.05) is 0 Å². The van der Waals surface area contributed by atoms with Gasteiger partial charge in [-0.05, 0) is 25.7 Å². The van der Waals surface area contributed by atoms with Crippen LogP contribution in [0, 0.1) is 0 Å². The van der Waals surface area contributed by atoms with Crippen LogP contribution in [0.15, 0.2) is 0 Å². The summed E-state index contributed by atoms with van der Waals surface area (Å²) in [5, 5.41) is 3.28. The molecule has 0 aromatic carbocycles. The van der Waals surface area contributed by atoms with E-state index in [9.17, 15) is 4.79 Å². The minimum Gasteiger partial charge on any atom is -0.468 e. The minimum absolute atomic E-state index is 0. The third kappa shape index (κ3) is 2.83. The van der Waals surface area contributed by atoms with E-state index >= 15 is 0 Å². The second-order valence-electron chi connectivity index (χ2n) is 3.98. The van der Waals surface area contributed by atoms with Crippen molar-refractivity contribution in [3.63, 3.8) is 0 Å². The van der Waals surface area contributed by atoms with Crippen molar-refractivity contribution in [1.29, 1.82) is 0 Å². The molecule has 2 aliphatic heterocycles. The molecule has 0 aromatic rings. The molecule has 0 radical (unpaired) electrons. The predicted octanol–water partition coefficient (Wildman–Crippen LogP) is 0.881. The molecule has 0 saturated carbocycles. The molecule has 0 bridgehead atoms. The highest BCUT2D eigenvalue weighted by atomic mass is 35.5. The third-order valence-electron chi connectivity index (χ3n) is 3.08. The highest BCUT2D eigenvalue weighted by Gasteiger charge is 2.35. The fourth-order valence-corrected chi connectivity index (χ4v) is 2.31. The summed E-state index contributed by atoms with van der Waals surface area (Å²) in [4.78, 5) is 11.2. The lowest BCUT2D eigenvalue weighted by atomic mass is 10.1. The molecule has 2 saturated heterocycles. The zero-order chi connectivity index (χ0) is 9.97. The summed E-state index contributed by atoms with van der Waals surface area (Å²) >= 11 is 0. The van der Waals surface area contributed by atoms with Crippen molar-refractivity contribution in [3.8, 4) is 0 Å². The van der Waals surface area contributed by atoms with Crippen LogP contribution in [0.3, 0.4) is 0 Å². The van der Waals surface area contributed by atoms with E-state index in [1.165, 1.54) is 7.11 Å². The molecule has 2 aliphatic rings. The molecule has 3 atom stereocenters. The first-order valence-electron chi connectivity index (χ1n) is 5.26. The Morgan fingerprint density at radius 1 is 1.40 bits per heavy atom. The van der Waals surface area contributed by atoms with Gasteiger partial charge in [0.1, 0.15) is 6.04 Å². The summed E-state index contributed by atoms with van der Waals surface area (Å²) in [5.41, 5.74) is 0. The lowest BCUT2D eigenvalue weighted by Gasteiger charge is -2.18. The average Bonchev–Trinajstić information content (AvgIpc) is 2.86. The maximum Gasteiger partial charge on any atom is 0.322 e. The Morgan fingerprint density at radius 2 is 2.20 bits per heavy atom. The van der Waals surface area contributed by atoms with Crippen molar-refractivity contribution in [2.45, 2.75) is 43.9 Å². The van der Waals surface area contributed by atoms with Crippen molar-refractivity contribution < 1.29 is 14.3 Å². The van der Waals surface area contributed by atoms with Crippen LogP contribution in [0.25, 0.3) is 0 Å². The molecule has 0 amide bonds. The number of hydrogen-bond acceptors (Lipinski definition) is 4. The van der Waals surface area contributed by atoms with E-state index < -0.39 is 0 Å². The summed E-state index contributed by atoms with van der Waals surface area (Å²) in [6, 6.07) is 0.232. The van der Waals surface area contributed by atoms with Crippen molar-refractivity contribution in [3.05, 3.63) is 0 Å². The average molecular weight is 236 g/mol.